The Kier molecular flexibility index (Phi) is 7.33. The quantitative estimate of drug-likeness (QED) is 0.357. The number of carbonyl (C=O) groups is 1. The van der Waals surface area contributed by atoms with Crippen molar-refractivity contribution in [2.24, 2.45) is 0 Å². The van der Waals surface area contributed by atoms with Gasteiger partial charge in [0.1, 0.15) is 5.82 Å². The van der Waals surface area contributed by atoms with Gasteiger partial charge < -0.3 is 9.88 Å². The lowest BCUT2D eigenvalue weighted by Gasteiger charge is -2.17. The summed E-state index contributed by atoms with van der Waals surface area (Å²) in [7, 11) is 0. The van der Waals surface area contributed by atoms with Gasteiger partial charge in [0, 0.05) is 24.0 Å². The molecule has 1 atom stereocenters. The molecule has 188 valence electrons. The molecule has 0 saturated heterocycles. The van der Waals surface area contributed by atoms with Gasteiger partial charge in [0.25, 0.3) is 5.91 Å². The van der Waals surface area contributed by atoms with Crippen LogP contribution in [0.1, 0.15) is 53.0 Å². The molecule has 0 radical (unpaired) electrons. The predicted octanol–water partition coefficient (Wildman–Crippen LogP) is 7.22. The van der Waals surface area contributed by atoms with Crippen molar-refractivity contribution < 1.29 is 35.5 Å². The van der Waals surface area contributed by atoms with Gasteiger partial charge in [0.15, 0.2) is 0 Å². The summed E-state index contributed by atoms with van der Waals surface area (Å²) in [6, 6.07) is 7.75. The molecule has 3 nitrogen and oxygen atoms in total. The van der Waals surface area contributed by atoms with E-state index in [0.717, 1.165) is 0 Å². The van der Waals surface area contributed by atoms with Crippen LogP contribution < -0.4 is 5.32 Å². The molecular weight excluding hydrogens is 477 g/mol. The molecule has 0 aliphatic carbocycles. The van der Waals surface area contributed by atoms with Crippen molar-refractivity contribution >= 4 is 5.91 Å². The Hall–Kier alpha value is -3.30. The van der Waals surface area contributed by atoms with E-state index in [9.17, 15) is 35.5 Å². The smallest absolute Gasteiger partial charge is 0.350 e. The highest BCUT2D eigenvalue weighted by Crippen LogP contribution is 2.39. The first-order valence-corrected chi connectivity index (χ1v) is 10.8. The highest BCUT2D eigenvalue weighted by molar-refractivity contribution is 5.97. The molecule has 1 aromatic heterocycles. The topological polar surface area (TPSA) is 34.0 Å². The Morgan fingerprint density at radius 3 is 2.09 bits per heavy atom. The van der Waals surface area contributed by atoms with Crippen LogP contribution in [0.4, 0.5) is 30.7 Å². The van der Waals surface area contributed by atoms with E-state index in [-0.39, 0.29) is 35.5 Å². The molecule has 1 heterocycles. The van der Waals surface area contributed by atoms with Gasteiger partial charge in [-0.3, -0.25) is 4.79 Å². The molecule has 0 spiro atoms. The molecule has 0 unspecified atom stereocenters. The largest absolute Gasteiger partial charge is 0.416 e. The van der Waals surface area contributed by atoms with E-state index in [2.05, 4.69) is 5.32 Å². The molecular formula is C25H23F7N2O. The van der Waals surface area contributed by atoms with E-state index in [1.54, 1.807) is 13.0 Å². The summed E-state index contributed by atoms with van der Waals surface area (Å²) in [5, 5.41) is 2.75. The summed E-state index contributed by atoms with van der Waals surface area (Å²) >= 11 is 0. The minimum Gasteiger partial charge on any atom is -0.350 e. The first-order valence-electron chi connectivity index (χ1n) is 10.8. The molecule has 0 saturated carbocycles. The Bertz CT molecular complexity index is 1190. The molecule has 35 heavy (non-hydrogen) atoms. The Labute approximate surface area is 197 Å². The number of nitrogens with zero attached hydrogens (tertiary/aromatic N) is 1. The zero-order valence-corrected chi connectivity index (χ0v) is 19.1. The number of hydrogen-bond donors (Lipinski definition) is 1. The lowest BCUT2D eigenvalue weighted by atomic mass is 10.0. The molecule has 1 N–H and O–H groups in total. The van der Waals surface area contributed by atoms with Crippen molar-refractivity contribution in [1.29, 1.82) is 0 Å². The summed E-state index contributed by atoms with van der Waals surface area (Å²) in [6.07, 6.45) is -9.44. The molecule has 0 bridgehead atoms. The second-order valence-corrected chi connectivity index (χ2v) is 8.32. The molecule has 1 amide bonds. The van der Waals surface area contributed by atoms with E-state index in [1.807, 2.05) is 6.92 Å². The molecule has 0 aliphatic heterocycles. The minimum absolute atomic E-state index is 0.0299. The lowest BCUT2D eigenvalue weighted by molar-refractivity contribution is -0.143. The summed E-state index contributed by atoms with van der Waals surface area (Å²) in [5.74, 6) is -1.07. The Morgan fingerprint density at radius 2 is 1.57 bits per heavy atom. The van der Waals surface area contributed by atoms with E-state index < -0.39 is 35.2 Å². The summed E-state index contributed by atoms with van der Waals surface area (Å²) in [4.78, 5) is 12.8. The third kappa shape index (κ3) is 6.04. The summed E-state index contributed by atoms with van der Waals surface area (Å²) in [6.45, 7) is 5.07. The standard InChI is InChI=1S/C25H23F7N2O/c1-4-14(2)33-23(35)21-12-22(34(15(21)3)13-16-6-5-7-20(26)8-16)17-9-18(24(27,28)29)11-19(10-17)25(30,31)32/h5-12,14H,4,13H2,1-3H3,(H,33,35)/t14-/m1/s1. The number of carbonyl (C=O) groups excluding carboxylic acids is 1. The number of alkyl halides is 6. The first-order chi connectivity index (χ1) is 16.2. The predicted molar refractivity (Wildman–Crippen MR) is 117 cm³/mol. The van der Waals surface area contributed by atoms with Crippen LogP contribution in [0, 0.1) is 12.7 Å². The number of hydrogen-bond acceptors (Lipinski definition) is 1. The molecule has 0 fully saturated rings. The van der Waals surface area contributed by atoms with Crippen molar-refractivity contribution in [1.82, 2.24) is 9.88 Å². The maximum Gasteiger partial charge on any atom is 0.416 e. The normalized spacial score (nSPS) is 13.1. The number of nitrogens with one attached hydrogen (secondary N) is 1. The van der Waals surface area contributed by atoms with Crippen LogP contribution in [0.2, 0.25) is 0 Å². The van der Waals surface area contributed by atoms with Crippen molar-refractivity contribution in [3.63, 3.8) is 0 Å². The number of halogens is 7. The third-order valence-electron chi connectivity index (χ3n) is 5.71. The number of benzene rings is 2. The summed E-state index contributed by atoms with van der Waals surface area (Å²) in [5.41, 5.74) is -2.50. The van der Waals surface area contributed by atoms with Gasteiger partial charge in [-0.2, -0.15) is 26.3 Å². The second kappa shape index (κ2) is 9.75. The average molecular weight is 500 g/mol. The third-order valence-corrected chi connectivity index (χ3v) is 5.71. The fourth-order valence-electron chi connectivity index (χ4n) is 3.64. The maximum atomic E-state index is 13.8. The van der Waals surface area contributed by atoms with Crippen molar-refractivity contribution in [3.05, 3.63) is 82.3 Å². The fourth-order valence-corrected chi connectivity index (χ4v) is 3.64. The van der Waals surface area contributed by atoms with Crippen molar-refractivity contribution in [2.75, 3.05) is 0 Å². The molecule has 3 aromatic rings. The van der Waals surface area contributed by atoms with Crippen LogP contribution in [0.5, 0.6) is 0 Å². The van der Waals surface area contributed by atoms with Crippen LogP contribution in [-0.2, 0) is 18.9 Å². The van der Waals surface area contributed by atoms with Crippen LogP contribution in [-0.4, -0.2) is 16.5 Å². The lowest BCUT2D eigenvalue weighted by Crippen LogP contribution is -2.32. The van der Waals surface area contributed by atoms with Gasteiger partial charge in [0.05, 0.1) is 16.7 Å². The van der Waals surface area contributed by atoms with E-state index in [0.29, 0.717) is 29.8 Å². The molecule has 0 aliphatic rings. The number of rotatable bonds is 6. The van der Waals surface area contributed by atoms with E-state index in [4.69, 9.17) is 0 Å². The number of aromatic nitrogens is 1. The van der Waals surface area contributed by atoms with E-state index in [1.165, 1.54) is 35.8 Å². The first kappa shape index (κ1) is 26.3. The fraction of sp³-hybridized carbons (Fsp3) is 0.320. The van der Waals surface area contributed by atoms with Crippen LogP contribution in [0.25, 0.3) is 11.3 Å². The van der Waals surface area contributed by atoms with Gasteiger partial charge in [-0.1, -0.05) is 19.1 Å². The van der Waals surface area contributed by atoms with Gasteiger partial charge >= 0.3 is 12.4 Å². The zero-order chi connectivity index (χ0) is 26.1. The molecule has 2 aromatic carbocycles. The molecule has 3 rings (SSSR count). The van der Waals surface area contributed by atoms with E-state index >= 15 is 0 Å². The highest BCUT2D eigenvalue weighted by Gasteiger charge is 2.37. The SMILES string of the molecule is CC[C@@H](C)NC(=O)c1cc(-c2cc(C(F)(F)F)cc(C(F)(F)F)c2)n(Cc2cccc(F)c2)c1C. The maximum absolute atomic E-state index is 13.8. The van der Waals surface area contributed by atoms with Crippen molar-refractivity contribution in [3.8, 4) is 11.3 Å². The van der Waals surface area contributed by atoms with Gasteiger partial charge in [0.2, 0.25) is 0 Å². The highest BCUT2D eigenvalue weighted by atomic mass is 19.4. The average Bonchev–Trinajstić information content (AvgIpc) is 3.08. The van der Waals surface area contributed by atoms with Gasteiger partial charge in [-0.25, -0.2) is 4.39 Å². The number of amides is 1. The van der Waals surface area contributed by atoms with Gasteiger partial charge in [-0.15, -0.1) is 0 Å². The Morgan fingerprint density at radius 1 is 0.971 bits per heavy atom. The van der Waals surface area contributed by atoms with Crippen LogP contribution in [0.3, 0.4) is 0 Å². The monoisotopic (exact) mass is 500 g/mol. The minimum atomic E-state index is -5.03. The van der Waals surface area contributed by atoms with Gasteiger partial charge in [-0.05, 0) is 67.8 Å². The molecule has 10 heteroatoms. The summed E-state index contributed by atoms with van der Waals surface area (Å²) < 4.78 is 95.9. The van der Waals surface area contributed by atoms with Crippen LogP contribution in [0.15, 0.2) is 48.5 Å². The Balaban J connectivity index is 2.25. The second-order valence-electron chi connectivity index (χ2n) is 8.32. The van der Waals surface area contributed by atoms with Crippen LogP contribution >= 0.6 is 0 Å². The van der Waals surface area contributed by atoms with Crippen molar-refractivity contribution in [2.45, 2.75) is 52.1 Å². The zero-order valence-electron chi connectivity index (χ0n) is 19.1.